The minimum Gasteiger partial charge on any atom is -0.309 e. The normalized spacial score (nSPS) is 12.8. The van der Waals surface area contributed by atoms with Gasteiger partial charge < -0.3 is 9.80 Å². The SMILES string of the molecule is C=C/C=C(\C=C)N(c1ccccc1)c1c(=C/C)/c(=C\C)c(N(/C(C=C)=C/C=C)c2ccccc2)c2ccccc12. The minimum atomic E-state index is 0.933. The van der Waals surface area contributed by atoms with Crippen LogP contribution >= 0.6 is 0 Å². The third-order valence-electron chi connectivity index (χ3n) is 6.80. The third kappa shape index (κ3) is 5.25. The van der Waals surface area contributed by atoms with Gasteiger partial charge in [0.2, 0.25) is 0 Å². The smallest absolute Gasteiger partial charge is 0.0616 e. The molecular formula is C38H36N2. The van der Waals surface area contributed by atoms with Crippen molar-refractivity contribution >= 4 is 45.7 Å². The van der Waals surface area contributed by atoms with E-state index in [4.69, 9.17) is 0 Å². The van der Waals surface area contributed by atoms with Crippen LogP contribution in [0.1, 0.15) is 13.8 Å². The Kier molecular flexibility index (Phi) is 9.17. The van der Waals surface area contributed by atoms with Gasteiger partial charge >= 0.3 is 0 Å². The Morgan fingerprint density at radius 2 is 0.875 bits per heavy atom. The molecule has 4 aromatic rings. The van der Waals surface area contributed by atoms with Crippen LogP contribution in [0.25, 0.3) is 22.9 Å². The van der Waals surface area contributed by atoms with Crippen LogP contribution in [0.3, 0.4) is 0 Å². The van der Waals surface area contributed by atoms with Crippen molar-refractivity contribution < 1.29 is 0 Å². The van der Waals surface area contributed by atoms with Crippen molar-refractivity contribution in [3.8, 4) is 0 Å². The van der Waals surface area contributed by atoms with E-state index < -0.39 is 0 Å². The summed E-state index contributed by atoms with van der Waals surface area (Å²) >= 11 is 0. The lowest BCUT2D eigenvalue weighted by Crippen LogP contribution is -2.36. The summed E-state index contributed by atoms with van der Waals surface area (Å²) in [6.07, 6.45) is 15.7. The molecule has 0 spiro atoms. The first-order chi connectivity index (χ1) is 19.6. The Morgan fingerprint density at radius 1 is 0.525 bits per heavy atom. The van der Waals surface area contributed by atoms with Gasteiger partial charge in [-0.2, -0.15) is 0 Å². The van der Waals surface area contributed by atoms with E-state index in [1.165, 1.54) is 0 Å². The number of fused-ring (bicyclic) bond motifs is 1. The van der Waals surface area contributed by atoms with Crippen LogP contribution in [0.4, 0.5) is 22.7 Å². The number of hydrogen-bond donors (Lipinski definition) is 0. The number of anilines is 4. The lowest BCUT2D eigenvalue weighted by Gasteiger charge is -2.32. The standard InChI is InChI=1S/C38H36N2/c1-7-21-29(9-3)39(31-23-15-13-16-24-31)37-33(11-5)34(12-6)38(36-28-20-19-27-35(36)37)40(30(10-4)22-8-2)32-25-17-14-18-26-32/h7-28H,1-4H2,5-6H3/b29-21+,30-22+,33-11+,34-12+. The van der Waals surface area contributed by atoms with Gasteiger partial charge in [-0.15, -0.1) is 0 Å². The average Bonchev–Trinajstić information content (AvgIpc) is 3.01. The zero-order valence-corrected chi connectivity index (χ0v) is 23.4. The van der Waals surface area contributed by atoms with E-state index in [2.05, 4.69) is 135 Å². The molecule has 0 amide bonds. The number of hydrogen-bond acceptors (Lipinski definition) is 2. The van der Waals surface area contributed by atoms with Gasteiger partial charge in [-0.3, -0.25) is 0 Å². The van der Waals surface area contributed by atoms with Crippen molar-refractivity contribution in [3.63, 3.8) is 0 Å². The summed E-state index contributed by atoms with van der Waals surface area (Å²) in [7, 11) is 0. The molecule has 2 heteroatoms. The molecule has 0 aromatic heterocycles. The largest absolute Gasteiger partial charge is 0.309 e. The van der Waals surface area contributed by atoms with Crippen molar-refractivity contribution in [1.82, 2.24) is 0 Å². The van der Waals surface area contributed by atoms with E-state index >= 15 is 0 Å². The van der Waals surface area contributed by atoms with Gasteiger partial charge in [-0.05, 0) is 62.4 Å². The molecule has 0 N–H and O–H groups in total. The van der Waals surface area contributed by atoms with Crippen LogP contribution in [-0.2, 0) is 0 Å². The van der Waals surface area contributed by atoms with Gasteiger partial charge in [0.1, 0.15) is 0 Å². The number of allylic oxidation sites excluding steroid dienone is 6. The molecular weight excluding hydrogens is 484 g/mol. The highest BCUT2D eigenvalue weighted by Crippen LogP contribution is 2.39. The summed E-state index contributed by atoms with van der Waals surface area (Å²) in [5, 5.41) is 4.44. The minimum absolute atomic E-state index is 0.933. The van der Waals surface area contributed by atoms with Gasteiger partial charge in [-0.25, -0.2) is 0 Å². The van der Waals surface area contributed by atoms with Gasteiger partial charge in [-0.1, -0.05) is 111 Å². The molecule has 4 rings (SSSR count). The zero-order chi connectivity index (χ0) is 28.5. The van der Waals surface area contributed by atoms with Crippen LogP contribution in [0.5, 0.6) is 0 Å². The second kappa shape index (κ2) is 13.1. The summed E-state index contributed by atoms with van der Waals surface area (Å²) in [5.74, 6) is 0. The second-order valence-corrected chi connectivity index (χ2v) is 9.05. The van der Waals surface area contributed by atoms with Gasteiger partial charge in [0, 0.05) is 44.0 Å². The Bertz CT molecular complexity index is 1590. The Hall–Kier alpha value is -5.08. The maximum Gasteiger partial charge on any atom is 0.0616 e. The molecule has 2 nitrogen and oxygen atoms in total. The van der Waals surface area contributed by atoms with E-state index in [0.29, 0.717) is 0 Å². The summed E-state index contributed by atoms with van der Waals surface area (Å²) < 4.78 is 0. The molecule has 4 aromatic carbocycles. The third-order valence-corrected chi connectivity index (χ3v) is 6.80. The molecule has 0 aliphatic heterocycles. The van der Waals surface area contributed by atoms with E-state index in [0.717, 1.165) is 55.4 Å². The number of nitrogens with zero attached hydrogens (tertiary/aromatic N) is 2. The van der Waals surface area contributed by atoms with E-state index in [1.807, 2.05) is 36.4 Å². The van der Waals surface area contributed by atoms with Crippen molar-refractivity contribution in [2.24, 2.45) is 0 Å². The van der Waals surface area contributed by atoms with Crippen molar-refractivity contribution in [3.05, 3.63) is 170 Å². The molecule has 0 heterocycles. The summed E-state index contributed by atoms with van der Waals surface area (Å²) in [5.41, 5.74) is 6.10. The number of rotatable bonds is 10. The summed E-state index contributed by atoms with van der Waals surface area (Å²) in [6.45, 7) is 20.5. The molecule has 0 unspecified atom stereocenters. The lowest BCUT2D eigenvalue weighted by molar-refractivity contribution is 1.18. The molecule has 0 radical (unpaired) electrons. The van der Waals surface area contributed by atoms with Gasteiger partial charge in [0.15, 0.2) is 0 Å². The van der Waals surface area contributed by atoms with Crippen molar-refractivity contribution in [2.75, 3.05) is 9.80 Å². The first-order valence-corrected chi connectivity index (χ1v) is 13.4. The topological polar surface area (TPSA) is 6.48 Å². The molecule has 0 atom stereocenters. The predicted octanol–water partition coefficient (Wildman–Crippen LogP) is 9.23. The first kappa shape index (κ1) is 27.9. The summed E-state index contributed by atoms with van der Waals surface area (Å²) in [6, 6.07) is 29.4. The van der Waals surface area contributed by atoms with Crippen LogP contribution in [0.15, 0.2) is 159 Å². The second-order valence-electron chi connectivity index (χ2n) is 9.05. The molecule has 0 aliphatic carbocycles. The highest BCUT2D eigenvalue weighted by molar-refractivity contribution is 6.06. The fourth-order valence-electron chi connectivity index (χ4n) is 5.19. The van der Waals surface area contributed by atoms with Crippen LogP contribution < -0.4 is 20.2 Å². The van der Waals surface area contributed by atoms with E-state index in [-0.39, 0.29) is 0 Å². The monoisotopic (exact) mass is 520 g/mol. The predicted molar refractivity (Wildman–Crippen MR) is 178 cm³/mol. The Morgan fingerprint density at radius 3 is 1.18 bits per heavy atom. The maximum atomic E-state index is 4.16. The van der Waals surface area contributed by atoms with Crippen molar-refractivity contribution in [1.29, 1.82) is 0 Å². The number of para-hydroxylation sites is 2. The molecule has 40 heavy (non-hydrogen) atoms. The number of benzene rings is 4. The molecule has 0 saturated carbocycles. The molecule has 0 fully saturated rings. The average molecular weight is 521 g/mol. The fourth-order valence-corrected chi connectivity index (χ4v) is 5.19. The zero-order valence-electron chi connectivity index (χ0n) is 23.4. The first-order valence-electron chi connectivity index (χ1n) is 13.4. The molecule has 0 saturated heterocycles. The van der Waals surface area contributed by atoms with Gasteiger partial charge in [0.05, 0.1) is 11.4 Å². The Balaban J connectivity index is 2.27. The quantitative estimate of drug-likeness (QED) is 0.192. The highest BCUT2D eigenvalue weighted by Gasteiger charge is 2.23. The van der Waals surface area contributed by atoms with Crippen LogP contribution in [0.2, 0.25) is 0 Å². The van der Waals surface area contributed by atoms with Crippen LogP contribution in [0, 0.1) is 0 Å². The lowest BCUT2D eigenvalue weighted by atomic mass is 9.98. The van der Waals surface area contributed by atoms with Crippen molar-refractivity contribution in [2.45, 2.75) is 13.8 Å². The molecule has 0 aliphatic rings. The van der Waals surface area contributed by atoms with E-state index in [1.54, 1.807) is 12.2 Å². The fraction of sp³-hybridized carbons (Fsp3) is 0.0526. The summed E-state index contributed by atoms with van der Waals surface area (Å²) in [4.78, 5) is 4.54. The maximum absolute atomic E-state index is 4.16. The van der Waals surface area contributed by atoms with Crippen LogP contribution in [-0.4, -0.2) is 0 Å². The molecule has 0 bridgehead atoms. The highest BCUT2D eigenvalue weighted by atomic mass is 15.2. The Labute approximate surface area is 238 Å². The van der Waals surface area contributed by atoms with E-state index in [9.17, 15) is 0 Å². The van der Waals surface area contributed by atoms with Gasteiger partial charge in [0.25, 0.3) is 0 Å². The molecule has 198 valence electrons.